The van der Waals surface area contributed by atoms with E-state index in [4.69, 9.17) is 0 Å². The van der Waals surface area contributed by atoms with Crippen LogP contribution in [0.15, 0.2) is 52.3 Å². The lowest BCUT2D eigenvalue weighted by atomic mass is 10.2. The van der Waals surface area contributed by atoms with Gasteiger partial charge in [-0.25, -0.2) is 23.1 Å². The normalized spacial score (nSPS) is 11.4. The van der Waals surface area contributed by atoms with Gasteiger partial charge in [-0.3, -0.25) is 4.79 Å². The Hall–Kier alpha value is -3.04. The number of aryl methyl sites for hydroxylation is 1. The Morgan fingerprint density at radius 2 is 1.86 bits per heavy atom. The predicted octanol–water partition coefficient (Wildman–Crippen LogP) is 1.97. The van der Waals surface area contributed by atoms with Crippen LogP contribution in [0.5, 0.6) is 0 Å². The van der Waals surface area contributed by atoms with Gasteiger partial charge in [0.2, 0.25) is 10.0 Å². The molecule has 3 aromatic rings. The maximum atomic E-state index is 12.1. The highest BCUT2D eigenvalue weighted by Crippen LogP contribution is 2.18. The minimum absolute atomic E-state index is 0.174. The lowest BCUT2D eigenvalue weighted by Crippen LogP contribution is -2.20. The highest BCUT2D eigenvalue weighted by molar-refractivity contribution is 7.89. The molecule has 0 bridgehead atoms. The number of benzene rings is 1. The third kappa shape index (κ3) is 4.10. The fraction of sp³-hybridized carbons (Fsp3) is 0.211. The van der Waals surface area contributed by atoms with Gasteiger partial charge in [0.05, 0.1) is 4.90 Å². The van der Waals surface area contributed by atoms with Gasteiger partial charge >= 0.3 is 0 Å². The molecule has 2 aromatic heterocycles. The van der Waals surface area contributed by atoms with Gasteiger partial charge in [-0.1, -0.05) is 18.2 Å². The molecule has 0 fully saturated rings. The molecule has 0 unspecified atom stereocenters. The molecule has 0 aliphatic heterocycles. The zero-order valence-corrected chi connectivity index (χ0v) is 16.6. The van der Waals surface area contributed by atoms with Gasteiger partial charge in [0.1, 0.15) is 11.6 Å². The van der Waals surface area contributed by atoms with E-state index in [0.29, 0.717) is 40.6 Å². The third-order valence-electron chi connectivity index (χ3n) is 4.42. The average molecular weight is 399 g/mol. The second kappa shape index (κ2) is 7.91. The third-order valence-corrected chi connectivity index (χ3v) is 5.94. The minimum Gasteiger partial charge on any atom is -0.366 e. The number of hydrogen-bond donors (Lipinski definition) is 3. The quantitative estimate of drug-likeness (QED) is 0.583. The summed E-state index contributed by atoms with van der Waals surface area (Å²) in [5.74, 6) is 1.03. The monoisotopic (exact) mass is 399 g/mol. The van der Waals surface area contributed by atoms with E-state index in [9.17, 15) is 13.2 Å². The highest BCUT2D eigenvalue weighted by Gasteiger charge is 2.15. The van der Waals surface area contributed by atoms with Gasteiger partial charge in [0.25, 0.3) is 5.56 Å². The first kappa shape index (κ1) is 19.7. The minimum atomic E-state index is -3.54. The Bertz CT molecular complexity index is 1150. The van der Waals surface area contributed by atoms with Gasteiger partial charge in [0.15, 0.2) is 0 Å². The van der Waals surface area contributed by atoms with Crippen LogP contribution in [0, 0.1) is 13.8 Å². The molecule has 0 spiro atoms. The molecule has 0 radical (unpaired) electrons. The maximum absolute atomic E-state index is 12.1. The van der Waals surface area contributed by atoms with E-state index in [1.807, 2.05) is 0 Å². The standard InChI is InChI=1S/C19H21N5O3S/c1-12-13(2)23-18(24-19(12)25)15-8-9-17(22-11-15)21-10-14-6-4-5-7-16(14)28(26,27)20-3/h4-9,11,20H,10H2,1-3H3,(H,21,22)(H,23,24,25). The Morgan fingerprint density at radius 1 is 1.11 bits per heavy atom. The molecule has 0 aliphatic carbocycles. The van der Waals surface area contributed by atoms with Crippen molar-refractivity contribution in [3.8, 4) is 11.4 Å². The summed E-state index contributed by atoms with van der Waals surface area (Å²) in [5.41, 5.74) is 2.40. The largest absolute Gasteiger partial charge is 0.366 e. The SMILES string of the molecule is CNS(=O)(=O)c1ccccc1CNc1ccc(-c2nc(C)c(C)c(=O)[nH]2)cn1. The van der Waals surface area contributed by atoms with E-state index in [1.165, 1.54) is 7.05 Å². The fourth-order valence-corrected chi connectivity index (χ4v) is 3.59. The summed E-state index contributed by atoms with van der Waals surface area (Å²) < 4.78 is 26.6. The van der Waals surface area contributed by atoms with Crippen LogP contribution in [-0.4, -0.2) is 30.4 Å². The second-order valence-corrected chi connectivity index (χ2v) is 8.08. The van der Waals surface area contributed by atoms with E-state index in [2.05, 4.69) is 25.0 Å². The first-order valence-electron chi connectivity index (χ1n) is 8.61. The topological polar surface area (TPSA) is 117 Å². The van der Waals surface area contributed by atoms with Gasteiger partial charge in [0, 0.05) is 29.6 Å². The van der Waals surface area contributed by atoms with Crippen LogP contribution in [0.4, 0.5) is 5.82 Å². The summed E-state index contributed by atoms with van der Waals surface area (Å²) in [7, 11) is -2.16. The van der Waals surface area contributed by atoms with Gasteiger partial charge in [-0.15, -0.1) is 0 Å². The van der Waals surface area contributed by atoms with Gasteiger partial charge < -0.3 is 10.3 Å². The van der Waals surface area contributed by atoms with Crippen LogP contribution in [0.25, 0.3) is 11.4 Å². The molecule has 9 heteroatoms. The molecular weight excluding hydrogens is 378 g/mol. The Morgan fingerprint density at radius 3 is 2.50 bits per heavy atom. The van der Waals surface area contributed by atoms with Gasteiger partial charge in [-0.2, -0.15) is 0 Å². The molecule has 0 saturated heterocycles. The van der Waals surface area contributed by atoms with Crippen LogP contribution in [0.3, 0.4) is 0 Å². The molecule has 2 heterocycles. The van der Waals surface area contributed by atoms with E-state index in [1.54, 1.807) is 56.4 Å². The summed E-state index contributed by atoms with van der Waals surface area (Å²) in [4.78, 5) is 23.6. The van der Waals surface area contributed by atoms with Crippen molar-refractivity contribution in [1.29, 1.82) is 0 Å². The van der Waals surface area contributed by atoms with Crippen molar-refractivity contribution in [2.45, 2.75) is 25.3 Å². The zero-order valence-electron chi connectivity index (χ0n) is 15.8. The molecule has 0 aliphatic rings. The van der Waals surface area contributed by atoms with E-state index < -0.39 is 10.0 Å². The van der Waals surface area contributed by atoms with Crippen LogP contribution >= 0.6 is 0 Å². The molecule has 3 rings (SSSR count). The number of hydrogen-bond acceptors (Lipinski definition) is 6. The van der Waals surface area contributed by atoms with Crippen molar-refractivity contribution in [3.05, 3.63) is 69.8 Å². The van der Waals surface area contributed by atoms with Crippen LogP contribution in [-0.2, 0) is 16.6 Å². The number of H-pyrrole nitrogens is 1. The molecule has 3 N–H and O–H groups in total. The Labute approximate surface area is 163 Å². The number of nitrogens with zero attached hydrogens (tertiary/aromatic N) is 2. The molecule has 1 aromatic carbocycles. The fourth-order valence-electron chi connectivity index (χ4n) is 2.63. The Balaban J connectivity index is 1.79. The number of aromatic amines is 1. The van der Waals surface area contributed by atoms with Crippen LogP contribution < -0.4 is 15.6 Å². The lowest BCUT2D eigenvalue weighted by molar-refractivity contribution is 0.587. The number of pyridine rings is 1. The number of sulfonamides is 1. The summed E-state index contributed by atoms with van der Waals surface area (Å²) in [6, 6.07) is 10.3. The number of anilines is 1. The molecule has 28 heavy (non-hydrogen) atoms. The number of rotatable bonds is 6. The summed E-state index contributed by atoms with van der Waals surface area (Å²) >= 11 is 0. The van der Waals surface area contributed by atoms with Crippen molar-refractivity contribution in [3.63, 3.8) is 0 Å². The number of aromatic nitrogens is 3. The van der Waals surface area contributed by atoms with Crippen molar-refractivity contribution < 1.29 is 8.42 Å². The second-order valence-electron chi connectivity index (χ2n) is 6.23. The molecule has 0 atom stereocenters. The summed E-state index contributed by atoms with van der Waals surface area (Å²) in [5, 5.41) is 3.11. The van der Waals surface area contributed by atoms with Crippen LogP contribution in [0.2, 0.25) is 0 Å². The summed E-state index contributed by atoms with van der Waals surface area (Å²) in [6.07, 6.45) is 1.60. The Kier molecular flexibility index (Phi) is 5.57. The number of nitrogens with one attached hydrogen (secondary N) is 3. The van der Waals surface area contributed by atoms with Crippen molar-refractivity contribution >= 4 is 15.8 Å². The molecule has 8 nitrogen and oxygen atoms in total. The zero-order chi connectivity index (χ0) is 20.3. The molecule has 0 amide bonds. The first-order chi connectivity index (χ1) is 13.3. The van der Waals surface area contributed by atoms with E-state index in [-0.39, 0.29) is 10.5 Å². The smallest absolute Gasteiger partial charge is 0.254 e. The molecular formula is C19H21N5O3S. The van der Waals surface area contributed by atoms with E-state index >= 15 is 0 Å². The first-order valence-corrected chi connectivity index (χ1v) is 10.1. The summed E-state index contributed by atoms with van der Waals surface area (Å²) in [6.45, 7) is 3.80. The maximum Gasteiger partial charge on any atom is 0.254 e. The predicted molar refractivity (Wildman–Crippen MR) is 108 cm³/mol. The van der Waals surface area contributed by atoms with Crippen molar-refractivity contribution in [2.75, 3.05) is 12.4 Å². The van der Waals surface area contributed by atoms with Crippen molar-refractivity contribution in [2.24, 2.45) is 0 Å². The lowest BCUT2D eigenvalue weighted by Gasteiger charge is -2.11. The van der Waals surface area contributed by atoms with E-state index in [0.717, 1.165) is 0 Å². The average Bonchev–Trinajstić information content (AvgIpc) is 2.70. The van der Waals surface area contributed by atoms with Crippen LogP contribution in [0.1, 0.15) is 16.8 Å². The van der Waals surface area contributed by atoms with Gasteiger partial charge in [-0.05, 0) is 44.7 Å². The van der Waals surface area contributed by atoms with Crippen molar-refractivity contribution in [1.82, 2.24) is 19.7 Å². The molecule has 0 saturated carbocycles. The molecule has 146 valence electrons. The highest BCUT2D eigenvalue weighted by atomic mass is 32.2.